The minimum absolute atomic E-state index is 0.0827. The molecule has 0 atom stereocenters. The van der Waals surface area contributed by atoms with Crippen molar-refractivity contribution in [2.24, 2.45) is 0 Å². The number of carbonyl (C=O) groups excluding carboxylic acids is 2. The summed E-state index contributed by atoms with van der Waals surface area (Å²) in [6.07, 6.45) is 0. The van der Waals surface area contributed by atoms with E-state index in [4.69, 9.17) is 10.5 Å². The summed E-state index contributed by atoms with van der Waals surface area (Å²) in [7, 11) is 0. The van der Waals surface area contributed by atoms with Crippen LogP contribution in [-0.4, -0.2) is 23.5 Å². The Morgan fingerprint density at radius 1 is 1.11 bits per heavy atom. The zero-order valence-corrected chi connectivity index (χ0v) is 15.2. The highest BCUT2D eigenvalue weighted by atomic mass is 16.6. The smallest absolute Gasteiger partial charge is 0.340 e. The van der Waals surface area contributed by atoms with E-state index in [1.807, 2.05) is 0 Å². The highest BCUT2D eigenvalue weighted by Crippen LogP contribution is 2.27. The van der Waals surface area contributed by atoms with E-state index in [1.54, 1.807) is 32.9 Å². The molecule has 4 N–H and O–H groups in total. The van der Waals surface area contributed by atoms with Gasteiger partial charge in [0, 0.05) is 12.1 Å². The van der Waals surface area contributed by atoms with Gasteiger partial charge in [-0.25, -0.2) is 9.59 Å². The number of urea groups is 1. The van der Waals surface area contributed by atoms with Crippen LogP contribution < -0.4 is 16.4 Å². The average molecular weight is 372 g/mol. The zero-order valence-electron chi connectivity index (χ0n) is 15.2. The normalized spacial score (nSPS) is 10.2. The fourth-order valence-electron chi connectivity index (χ4n) is 2.45. The number of anilines is 3. The van der Waals surface area contributed by atoms with Crippen molar-refractivity contribution in [1.29, 1.82) is 0 Å². The summed E-state index contributed by atoms with van der Waals surface area (Å²) in [5.41, 5.74) is 7.92. The Morgan fingerprint density at radius 3 is 2.37 bits per heavy atom. The van der Waals surface area contributed by atoms with E-state index in [9.17, 15) is 19.7 Å². The first-order valence-electron chi connectivity index (χ1n) is 8.13. The predicted octanol–water partition coefficient (Wildman–Crippen LogP) is 3.61. The van der Waals surface area contributed by atoms with Crippen molar-refractivity contribution in [3.8, 4) is 0 Å². The minimum atomic E-state index is -0.649. The Hall–Kier alpha value is -3.62. The van der Waals surface area contributed by atoms with Crippen LogP contribution >= 0.6 is 0 Å². The van der Waals surface area contributed by atoms with Gasteiger partial charge in [-0.2, -0.15) is 0 Å². The number of non-ortho nitro benzene ring substituents is 1. The lowest BCUT2D eigenvalue weighted by atomic mass is 10.1. The molecule has 0 saturated heterocycles. The molecule has 2 amide bonds. The molecule has 2 rings (SSSR count). The molecule has 0 fully saturated rings. The molecule has 0 saturated carbocycles. The molecule has 0 aliphatic heterocycles. The van der Waals surface area contributed by atoms with Gasteiger partial charge in [0.1, 0.15) is 0 Å². The molecular weight excluding hydrogens is 352 g/mol. The number of nitrogens with two attached hydrogens (primary N) is 1. The Kier molecular flexibility index (Phi) is 5.96. The molecule has 9 heteroatoms. The molecule has 0 radical (unpaired) electrons. The van der Waals surface area contributed by atoms with E-state index in [0.29, 0.717) is 11.1 Å². The summed E-state index contributed by atoms with van der Waals surface area (Å²) in [5.74, 6) is -0.578. The molecule has 2 aromatic rings. The van der Waals surface area contributed by atoms with Crippen molar-refractivity contribution in [1.82, 2.24) is 0 Å². The third kappa shape index (κ3) is 4.51. The van der Waals surface area contributed by atoms with E-state index < -0.39 is 16.9 Å². The van der Waals surface area contributed by atoms with E-state index in [0.717, 1.165) is 0 Å². The van der Waals surface area contributed by atoms with Crippen LogP contribution in [0.2, 0.25) is 0 Å². The molecule has 0 aliphatic carbocycles. The van der Waals surface area contributed by atoms with Crippen LogP contribution in [0.1, 0.15) is 28.4 Å². The first-order valence-corrected chi connectivity index (χ1v) is 8.13. The van der Waals surface area contributed by atoms with Crippen LogP contribution in [0, 0.1) is 24.0 Å². The molecule has 2 aromatic carbocycles. The third-order valence-electron chi connectivity index (χ3n) is 3.86. The van der Waals surface area contributed by atoms with Gasteiger partial charge in [0.05, 0.1) is 34.2 Å². The maximum absolute atomic E-state index is 12.3. The topological polar surface area (TPSA) is 137 Å². The number of nitro benzene ring substituents is 1. The van der Waals surface area contributed by atoms with E-state index >= 15 is 0 Å². The van der Waals surface area contributed by atoms with Crippen molar-refractivity contribution in [2.75, 3.05) is 23.0 Å². The largest absolute Gasteiger partial charge is 0.462 e. The molecule has 0 heterocycles. The van der Waals surface area contributed by atoms with Crippen molar-refractivity contribution in [3.63, 3.8) is 0 Å². The number of nitrogens with one attached hydrogen (secondary N) is 2. The number of nitro groups is 1. The van der Waals surface area contributed by atoms with Gasteiger partial charge in [-0.05, 0) is 38.0 Å². The van der Waals surface area contributed by atoms with Gasteiger partial charge in [0.25, 0.3) is 5.69 Å². The summed E-state index contributed by atoms with van der Waals surface area (Å²) in [4.78, 5) is 34.7. The van der Waals surface area contributed by atoms with Gasteiger partial charge in [-0.3, -0.25) is 10.1 Å². The molecule has 0 aromatic heterocycles. The quantitative estimate of drug-likeness (QED) is 0.317. The number of esters is 1. The van der Waals surface area contributed by atoms with Crippen LogP contribution in [0.5, 0.6) is 0 Å². The Labute approximate surface area is 155 Å². The minimum Gasteiger partial charge on any atom is -0.462 e. The summed E-state index contributed by atoms with van der Waals surface area (Å²) >= 11 is 0. The van der Waals surface area contributed by atoms with Gasteiger partial charge in [-0.15, -0.1) is 0 Å². The van der Waals surface area contributed by atoms with Gasteiger partial charge in [-0.1, -0.05) is 12.1 Å². The second kappa shape index (κ2) is 8.17. The van der Waals surface area contributed by atoms with Crippen molar-refractivity contribution in [3.05, 3.63) is 57.1 Å². The lowest BCUT2D eigenvalue weighted by Crippen LogP contribution is -2.22. The zero-order chi connectivity index (χ0) is 20.1. The number of amides is 2. The fraction of sp³-hybridized carbons (Fsp3) is 0.222. The van der Waals surface area contributed by atoms with Gasteiger partial charge in [0.2, 0.25) is 0 Å². The maximum atomic E-state index is 12.3. The highest BCUT2D eigenvalue weighted by Gasteiger charge is 2.18. The summed E-state index contributed by atoms with van der Waals surface area (Å²) in [5, 5.41) is 16.0. The molecular formula is C18H20N4O5. The average Bonchev–Trinajstić information content (AvgIpc) is 2.59. The Morgan fingerprint density at radius 2 is 1.74 bits per heavy atom. The number of hydrogen-bond donors (Lipinski definition) is 3. The second-order valence-electron chi connectivity index (χ2n) is 5.77. The van der Waals surface area contributed by atoms with E-state index in [-0.39, 0.29) is 34.9 Å². The van der Waals surface area contributed by atoms with Gasteiger partial charge < -0.3 is 21.1 Å². The lowest BCUT2D eigenvalue weighted by Gasteiger charge is -2.15. The number of ether oxygens (including phenoxy) is 1. The number of carbonyl (C=O) groups is 2. The van der Waals surface area contributed by atoms with Crippen LogP contribution in [-0.2, 0) is 4.74 Å². The predicted molar refractivity (Wildman–Crippen MR) is 102 cm³/mol. The Bertz CT molecular complexity index is 911. The molecule has 0 unspecified atom stereocenters. The van der Waals surface area contributed by atoms with Crippen molar-refractivity contribution >= 4 is 34.7 Å². The number of aryl methyl sites for hydroxylation is 2. The molecule has 27 heavy (non-hydrogen) atoms. The summed E-state index contributed by atoms with van der Waals surface area (Å²) < 4.78 is 4.99. The number of hydrogen-bond acceptors (Lipinski definition) is 6. The van der Waals surface area contributed by atoms with Crippen molar-refractivity contribution < 1.29 is 19.2 Å². The van der Waals surface area contributed by atoms with Crippen LogP contribution in [0.4, 0.5) is 27.5 Å². The van der Waals surface area contributed by atoms with Crippen LogP contribution in [0.25, 0.3) is 0 Å². The van der Waals surface area contributed by atoms with Crippen LogP contribution in [0.15, 0.2) is 30.3 Å². The molecule has 142 valence electrons. The first-order chi connectivity index (χ1) is 12.7. The lowest BCUT2D eigenvalue weighted by molar-refractivity contribution is -0.384. The molecule has 0 bridgehead atoms. The monoisotopic (exact) mass is 372 g/mol. The maximum Gasteiger partial charge on any atom is 0.340 e. The van der Waals surface area contributed by atoms with Gasteiger partial charge >= 0.3 is 12.0 Å². The molecule has 9 nitrogen and oxygen atoms in total. The number of nitrogens with zero attached hydrogens (tertiary/aromatic N) is 1. The first kappa shape index (κ1) is 19.7. The summed E-state index contributed by atoms with van der Waals surface area (Å²) in [6, 6.07) is 6.69. The summed E-state index contributed by atoms with van der Waals surface area (Å²) in [6.45, 7) is 5.29. The number of rotatable bonds is 5. The fourth-order valence-corrected chi connectivity index (χ4v) is 2.45. The molecule has 0 spiro atoms. The number of nitrogen functional groups attached to an aromatic ring is 1. The van der Waals surface area contributed by atoms with Crippen LogP contribution in [0.3, 0.4) is 0 Å². The van der Waals surface area contributed by atoms with Crippen molar-refractivity contribution in [2.45, 2.75) is 20.8 Å². The van der Waals surface area contributed by atoms with Gasteiger partial charge in [0.15, 0.2) is 0 Å². The third-order valence-corrected chi connectivity index (χ3v) is 3.86. The standard InChI is InChI=1S/C18H20N4O5/c1-4-27-17(23)15-11(3)6-8-13(16(15)19)20-18(24)21-14-9-12(22(25)26)7-5-10(14)2/h5-9H,4,19H2,1-3H3,(H2,20,21,24). The van der Waals surface area contributed by atoms with E-state index in [2.05, 4.69) is 10.6 Å². The SMILES string of the molecule is CCOC(=O)c1c(C)ccc(NC(=O)Nc2cc([N+](=O)[O-])ccc2C)c1N. The second-order valence-corrected chi connectivity index (χ2v) is 5.77. The highest BCUT2D eigenvalue weighted by molar-refractivity contribution is 6.06. The number of benzene rings is 2. The van der Waals surface area contributed by atoms with E-state index in [1.165, 1.54) is 18.2 Å². The Balaban J connectivity index is 2.24. The molecule has 0 aliphatic rings.